The molecule has 0 radical (unpaired) electrons. The van der Waals surface area contributed by atoms with Crippen molar-refractivity contribution in [2.24, 2.45) is 7.05 Å². The van der Waals surface area contributed by atoms with E-state index in [1.54, 1.807) is 13.8 Å². The summed E-state index contributed by atoms with van der Waals surface area (Å²) in [6, 6.07) is 0. The molecule has 0 unspecified atom stereocenters. The van der Waals surface area contributed by atoms with Gasteiger partial charge in [0.2, 0.25) is 0 Å². The summed E-state index contributed by atoms with van der Waals surface area (Å²) in [5, 5.41) is 7.20. The average Bonchev–Trinajstić information content (AvgIpc) is 2.49. The van der Waals surface area contributed by atoms with Crippen LogP contribution in [-0.4, -0.2) is 35.7 Å². The van der Waals surface area contributed by atoms with Crippen LogP contribution in [-0.2, 0) is 23.4 Å². The molecule has 1 aromatic rings. The van der Waals surface area contributed by atoms with Gasteiger partial charge < -0.3 is 5.32 Å². The lowest BCUT2D eigenvalue weighted by atomic mass is 10.2. The molecule has 0 atom stereocenters. The summed E-state index contributed by atoms with van der Waals surface area (Å²) in [6.07, 6.45) is 0. The minimum absolute atomic E-state index is 0.184. The van der Waals surface area contributed by atoms with Crippen LogP contribution < -0.4 is 5.32 Å². The zero-order valence-electron chi connectivity index (χ0n) is 11.8. The molecule has 0 saturated carbocycles. The predicted molar refractivity (Wildman–Crippen MR) is 73.3 cm³/mol. The molecular formula is C12H23N3O2S. The Morgan fingerprint density at radius 3 is 2.39 bits per heavy atom. The molecule has 1 rings (SSSR count). The number of aromatic nitrogens is 2. The van der Waals surface area contributed by atoms with Gasteiger partial charge in [-0.05, 0) is 27.7 Å². The molecule has 0 aromatic carbocycles. The van der Waals surface area contributed by atoms with Gasteiger partial charge in [0.1, 0.15) is 0 Å². The fourth-order valence-corrected chi connectivity index (χ4v) is 2.64. The van der Waals surface area contributed by atoms with Crippen molar-refractivity contribution in [1.29, 1.82) is 0 Å². The van der Waals surface area contributed by atoms with E-state index in [1.165, 1.54) is 0 Å². The van der Waals surface area contributed by atoms with Crippen LogP contribution in [0.25, 0.3) is 0 Å². The average molecular weight is 273 g/mol. The maximum atomic E-state index is 11.6. The molecule has 0 spiro atoms. The fraction of sp³-hybridized carbons (Fsp3) is 0.750. The van der Waals surface area contributed by atoms with E-state index in [0.717, 1.165) is 17.0 Å². The lowest BCUT2D eigenvalue weighted by Gasteiger charge is -2.09. The summed E-state index contributed by atoms with van der Waals surface area (Å²) >= 11 is 0. The highest BCUT2D eigenvalue weighted by Gasteiger charge is 2.15. The largest absolute Gasteiger partial charge is 0.312 e. The summed E-state index contributed by atoms with van der Waals surface area (Å²) < 4.78 is 25.1. The summed E-state index contributed by atoms with van der Waals surface area (Å²) in [6.45, 7) is 8.56. The minimum Gasteiger partial charge on any atom is -0.312 e. The topological polar surface area (TPSA) is 64.0 Å². The Kier molecular flexibility index (Phi) is 4.92. The first kappa shape index (κ1) is 15.2. The Labute approximate surface area is 109 Å². The van der Waals surface area contributed by atoms with Crippen molar-refractivity contribution in [3.63, 3.8) is 0 Å². The Balaban J connectivity index is 2.48. The number of hydrogen-bond acceptors (Lipinski definition) is 4. The number of sulfone groups is 1. The van der Waals surface area contributed by atoms with Gasteiger partial charge in [-0.2, -0.15) is 5.10 Å². The van der Waals surface area contributed by atoms with Crippen molar-refractivity contribution in [3.05, 3.63) is 17.0 Å². The highest BCUT2D eigenvalue weighted by atomic mass is 32.2. The lowest BCUT2D eigenvalue weighted by molar-refractivity contribution is 0.582. The Hall–Kier alpha value is -0.880. The van der Waals surface area contributed by atoms with E-state index in [-0.39, 0.29) is 11.0 Å². The van der Waals surface area contributed by atoms with E-state index in [1.807, 2.05) is 25.6 Å². The van der Waals surface area contributed by atoms with E-state index in [4.69, 9.17) is 0 Å². The van der Waals surface area contributed by atoms with Gasteiger partial charge in [0.15, 0.2) is 9.84 Å². The zero-order valence-corrected chi connectivity index (χ0v) is 12.6. The maximum Gasteiger partial charge on any atom is 0.153 e. The fourth-order valence-electron chi connectivity index (χ4n) is 1.74. The van der Waals surface area contributed by atoms with Gasteiger partial charge in [0.25, 0.3) is 0 Å². The zero-order chi connectivity index (χ0) is 13.9. The first-order valence-corrected chi connectivity index (χ1v) is 7.88. The molecule has 1 heterocycles. The van der Waals surface area contributed by atoms with Gasteiger partial charge in [-0.15, -0.1) is 0 Å². The molecule has 6 heteroatoms. The van der Waals surface area contributed by atoms with Gasteiger partial charge in [-0.1, -0.05) is 0 Å². The third-order valence-electron chi connectivity index (χ3n) is 3.24. The van der Waals surface area contributed by atoms with E-state index in [2.05, 4.69) is 10.4 Å². The Morgan fingerprint density at radius 1 is 1.33 bits per heavy atom. The van der Waals surface area contributed by atoms with Gasteiger partial charge >= 0.3 is 0 Å². The Bertz CT molecular complexity index is 504. The van der Waals surface area contributed by atoms with Crippen molar-refractivity contribution in [2.75, 3.05) is 12.3 Å². The number of nitrogens with zero attached hydrogens (tertiary/aromatic N) is 2. The molecule has 0 fully saturated rings. The van der Waals surface area contributed by atoms with E-state index in [9.17, 15) is 8.42 Å². The molecule has 0 amide bonds. The third kappa shape index (κ3) is 3.55. The number of hydrogen-bond donors (Lipinski definition) is 1. The molecule has 0 aliphatic heterocycles. The normalized spacial score (nSPS) is 12.3. The summed E-state index contributed by atoms with van der Waals surface area (Å²) in [5.41, 5.74) is 3.26. The molecule has 0 aliphatic carbocycles. The van der Waals surface area contributed by atoms with Crippen LogP contribution in [0.15, 0.2) is 0 Å². The smallest absolute Gasteiger partial charge is 0.153 e. The SMILES string of the molecule is Cc1nn(C)c(C)c1CNCCS(=O)(=O)C(C)C. The van der Waals surface area contributed by atoms with Gasteiger partial charge in [0.05, 0.1) is 16.7 Å². The Morgan fingerprint density at radius 2 is 1.94 bits per heavy atom. The molecule has 0 aliphatic rings. The van der Waals surface area contributed by atoms with E-state index < -0.39 is 9.84 Å². The van der Waals surface area contributed by atoms with Gasteiger partial charge in [-0.25, -0.2) is 8.42 Å². The molecule has 104 valence electrons. The first-order valence-electron chi connectivity index (χ1n) is 6.17. The highest BCUT2D eigenvalue weighted by Crippen LogP contribution is 2.11. The molecule has 0 saturated heterocycles. The first-order chi connectivity index (χ1) is 8.25. The van der Waals surface area contributed by atoms with Crippen molar-refractivity contribution in [2.45, 2.75) is 39.5 Å². The van der Waals surface area contributed by atoms with Crippen LogP contribution in [0.4, 0.5) is 0 Å². The second-order valence-electron chi connectivity index (χ2n) is 4.87. The molecule has 18 heavy (non-hydrogen) atoms. The highest BCUT2D eigenvalue weighted by molar-refractivity contribution is 7.92. The number of rotatable bonds is 6. The van der Waals surface area contributed by atoms with E-state index >= 15 is 0 Å². The summed E-state index contributed by atoms with van der Waals surface area (Å²) in [4.78, 5) is 0. The van der Waals surface area contributed by atoms with Crippen LogP contribution >= 0.6 is 0 Å². The number of nitrogens with one attached hydrogen (secondary N) is 1. The van der Waals surface area contributed by atoms with Crippen LogP contribution in [0.1, 0.15) is 30.8 Å². The molecule has 1 aromatic heterocycles. The van der Waals surface area contributed by atoms with Crippen LogP contribution in [0.5, 0.6) is 0 Å². The molecular weight excluding hydrogens is 250 g/mol. The maximum absolute atomic E-state index is 11.6. The third-order valence-corrected chi connectivity index (χ3v) is 5.45. The van der Waals surface area contributed by atoms with Gasteiger partial charge in [0, 0.05) is 31.4 Å². The summed E-state index contributed by atoms with van der Waals surface area (Å²) in [5.74, 6) is 0.184. The van der Waals surface area contributed by atoms with E-state index in [0.29, 0.717) is 13.1 Å². The second-order valence-corrected chi connectivity index (χ2v) is 7.54. The lowest BCUT2D eigenvalue weighted by Crippen LogP contribution is -2.27. The van der Waals surface area contributed by atoms with Crippen LogP contribution in [0.3, 0.4) is 0 Å². The molecule has 5 nitrogen and oxygen atoms in total. The standard InChI is InChI=1S/C12H23N3O2S/c1-9(2)18(16,17)7-6-13-8-12-10(3)14-15(5)11(12)4/h9,13H,6-8H2,1-5H3. The molecule has 0 bridgehead atoms. The molecule has 1 N–H and O–H groups in total. The number of aryl methyl sites for hydroxylation is 2. The quantitative estimate of drug-likeness (QED) is 0.784. The van der Waals surface area contributed by atoms with Crippen molar-refractivity contribution in [3.8, 4) is 0 Å². The van der Waals surface area contributed by atoms with Crippen molar-refractivity contribution < 1.29 is 8.42 Å². The minimum atomic E-state index is -2.95. The van der Waals surface area contributed by atoms with Crippen LogP contribution in [0.2, 0.25) is 0 Å². The van der Waals surface area contributed by atoms with Crippen molar-refractivity contribution in [1.82, 2.24) is 15.1 Å². The predicted octanol–water partition coefficient (Wildman–Crippen LogP) is 0.950. The van der Waals surface area contributed by atoms with Crippen molar-refractivity contribution >= 4 is 9.84 Å². The monoisotopic (exact) mass is 273 g/mol. The summed E-state index contributed by atoms with van der Waals surface area (Å²) in [7, 11) is -1.04. The van der Waals surface area contributed by atoms with Gasteiger partial charge in [-0.3, -0.25) is 4.68 Å². The second kappa shape index (κ2) is 5.84. The van der Waals surface area contributed by atoms with Crippen LogP contribution in [0, 0.1) is 13.8 Å².